The average Bonchev–Trinajstić information content (AvgIpc) is 2.67. The summed E-state index contributed by atoms with van der Waals surface area (Å²) in [4.78, 5) is 24.1. The molecule has 0 aliphatic heterocycles. The molecule has 0 aromatic heterocycles. The highest BCUT2D eigenvalue weighted by molar-refractivity contribution is 5.96. The predicted octanol–water partition coefficient (Wildman–Crippen LogP) is 4.96. The Kier molecular flexibility index (Phi) is 7.35. The minimum absolute atomic E-state index is 0.359. The topological polar surface area (TPSA) is 55.4 Å². The van der Waals surface area contributed by atoms with Gasteiger partial charge in [0.15, 0.2) is 6.10 Å². The summed E-state index contributed by atoms with van der Waals surface area (Å²) in [5, 5.41) is 2.75. The zero-order valence-electron chi connectivity index (χ0n) is 16.4. The summed E-state index contributed by atoms with van der Waals surface area (Å²) in [5.41, 5.74) is 4.02. The van der Waals surface area contributed by atoms with Crippen LogP contribution in [0.25, 0.3) is 6.08 Å². The summed E-state index contributed by atoms with van der Waals surface area (Å²) in [6, 6.07) is 15.6. The summed E-state index contributed by atoms with van der Waals surface area (Å²) in [6.45, 7) is 7.89. The molecule has 2 aromatic carbocycles. The Hall–Kier alpha value is -2.88. The Morgan fingerprint density at radius 2 is 1.63 bits per heavy atom. The van der Waals surface area contributed by atoms with Crippen molar-refractivity contribution in [1.29, 1.82) is 0 Å². The van der Waals surface area contributed by atoms with Gasteiger partial charge in [0, 0.05) is 11.8 Å². The lowest BCUT2D eigenvalue weighted by atomic mass is 10.0. The van der Waals surface area contributed by atoms with Crippen LogP contribution in [0, 0.1) is 0 Å². The quantitative estimate of drug-likeness (QED) is 0.557. The number of rotatable bonds is 7. The number of hydrogen-bond acceptors (Lipinski definition) is 3. The highest BCUT2D eigenvalue weighted by atomic mass is 16.5. The van der Waals surface area contributed by atoms with Gasteiger partial charge in [0.2, 0.25) is 0 Å². The van der Waals surface area contributed by atoms with Crippen molar-refractivity contribution in [3.8, 4) is 0 Å². The fraction of sp³-hybridized carbons (Fsp3) is 0.304. The second kappa shape index (κ2) is 9.72. The Labute approximate surface area is 161 Å². The van der Waals surface area contributed by atoms with Crippen molar-refractivity contribution in [1.82, 2.24) is 0 Å². The van der Waals surface area contributed by atoms with Crippen LogP contribution >= 0.6 is 0 Å². The number of amides is 1. The molecular weight excluding hydrogens is 338 g/mol. The number of esters is 1. The number of ether oxygens (including phenoxy) is 1. The summed E-state index contributed by atoms with van der Waals surface area (Å²) >= 11 is 0. The van der Waals surface area contributed by atoms with E-state index in [-0.39, 0.29) is 5.91 Å². The molecule has 0 saturated carbocycles. The number of nitrogens with one attached hydrogen (secondary N) is 1. The first-order valence-electron chi connectivity index (χ1n) is 9.27. The van der Waals surface area contributed by atoms with Crippen molar-refractivity contribution in [3.63, 3.8) is 0 Å². The Bertz CT molecular complexity index is 789. The third-order valence-corrected chi connectivity index (χ3v) is 4.31. The molecule has 0 aliphatic carbocycles. The lowest BCUT2D eigenvalue weighted by molar-refractivity contribution is -0.148. The van der Waals surface area contributed by atoms with Crippen LogP contribution in [0.1, 0.15) is 50.3 Å². The minimum atomic E-state index is -0.878. The Morgan fingerprint density at radius 3 is 2.19 bits per heavy atom. The standard InChI is InChI=1S/C23H27NO3/c1-5-18-8-13-21(14-9-18)24-23(26)17(4)27-22(25)15-10-19-6-11-20(12-7-19)16(2)3/h6-17H,5H2,1-4H3,(H,24,26)/b15-10+. The number of carbonyl (C=O) groups is 2. The van der Waals surface area contributed by atoms with Crippen LogP contribution in [0.15, 0.2) is 54.6 Å². The maximum Gasteiger partial charge on any atom is 0.331 e. The van der Waals surface area contributed by atoms with E-state index in [9.17, 15) is 9.59 Å². The predicted molar refractivity (Wildman–Crippen MR) is 110 cm³/mol. The molecule has 0 bridgehead atoms. The molecule has 0 saturated heterocycles. The second-order valence-electron chi connectivity index (χ2n) is 6.77. The molecule has 1 unspecified atom stereocenters. The van der Waals surface area contributed by atoms with E-state index in [1.54, 1.807) is 13.0 Å². The summed E-state index contributed by atoms with van der Waals surface area (Å²) in [5.74, 6) is -0.445. The van der Waals surface area contributed by atoms with E-state index < -0.39 is 12.1 Å². The van der Waals surface area contributed by atoms with Crippen LogP contribution in [0.3, 0.4) is 0 Å². The SMILES string of the molecule is CCc1ccc(NC(=O)C(C)OC(=O)/C=C/c2ccc(C(C)C)cc2)cc1. The molecule has 0 spiro atoms. The molecule has 4 nitrogen and oxygen atoms in total. The van der Waals surface area contributed by atoms with Crippen LogP contribution in [0.5, 0.6) is 0 Å². The van der Waals surface area contributed by atoms with Gasteiger partial charge in [0.1, 0.15) is 0 Å². The first-order chi connectivity index (χ1) is 12.9. The van der Waals surface area contributed by atoms with E-state index in [1.165, 1.54) is 17.2 Å². The third kappa shape index (κ3) is 6.41. The molecule has 0 radical (unpaired) electrons. The zero-order valence-corrected chi connectivity index (χ0v) is 16.4. The smallest absolute Gasteiger partial charge is 0.331 e. The van der Waals surface area contributed by atoms with Crippen LogP contribution in [-0.2, 0) is 20.7 Å². The lowest BCUT2D eigenvalue weighted by Gasteiger charge is -2.12. The molecule has 1 atom stereocenters. The first kappa shape index (κ1) is 20.4. The molecule has 1 N–H and O–H groups in total. The molecule has 0 aliphatic rings. The van der Waals surface area contributed by atoms with Crippen LogP contribution in [0.2, 0.25) is 0 Å². The van der Waals surface area contributed by atoms with Crippen molar-refractivity contribution < 1.29 is 14.3 Å². The van der Waals surface area contributed by atoms with Crippen molar-refractivity contribution in [2.45, 2.75) is 46.1 Å². The summed E-state index contributed by atoms with van der Waals surface area (Å²) in [7, 11) is 0. The fourth-order valence-electron chi connectivity index (χ4n) is 2.49. The van der Waals surface area contributed by atoms with Gasteiger partial charge in [-0.1, -0.05) is 57.2 Å². The Balaban J connectivity index is 1.86. The molecule has 4 heteroatoms. The molecule has 0 heterocycles. The van der Waals surface area contributed by atoms with Crippen LogP contribution < -0.4 is 5.32 Å². The first-order valence-corrected chi connectivity index (χ1v) is 9.27. The van der Waals surface area contributed by atoms with Crippen LogP contribution in [-0.4, -0.2) is 18.0 Å². The number of aryl methyl sites for hydroxylation is 1. The highest BCUT2D eigenvalue weighted by Crippen LogP contribution is 2.15. The molecule has 0 fully saturated rings. The van der Waals surface area contributed by atoms with Gasteiger partial charge < -0.3 is 10.1 Å². The molecule has 2 aromatic rings. The second-order valence-corrected chi connectivity index (χ2v) is 6.77. The van der Waals surface area contributed by atoms with Crippen molar-refractivity contribution in [2.24, 2.45) is 0 Å². The third-order valence-electron chi connectivity index (χ3n) is 4.31. The number of carbonyl (C=O) groups excluding carboxylic acids is 2. The van der Waals surface area contributed by atoms with Crippen molar-refractivity contribution in [2.75, 3.05) is 5.32 Å². The van der Waals surface area contributed by atoms with Gasteiger partial charge in [-0.2, -0.15) is 0 Å². The average molecular weight is 365 g/mol. The van der Waals surface area contributed by atoms with E-state index in [0.29, 0.717) is 11.6 Å². The maximum absolute atomic E-state index is 12.2. The fourth-order valence-corrected chi connectivity index (χ4v) is 2.49. The van der Waals surface area contributed by atoms with E-state index in [1.807, 2.05) is 48.5 Å². The summed E-state index contributed by atoms with van der Waals surface area (Å²) in [6.07, 6.45) is 3.08. The van der Waals surface area contributed by atoms with Crippen molar-refractivity contribution in [3.05, 3.63) is 71.3 Å². The van der Waals surface area contributed by atoms with E-state index in [2.05, 4.69) is 26.1 Å². The van der Waals surface area contributed by atoms with Gasteiger partial charge in [-0.15, -0.1) is 0 Å². The van der Waals surface area contributed by atoms with Gasteiger partial charge in [0.05, 0.1) is 0 Å². The number of anilines is 1. The zero-order chi connectivity index (χ0) is 19.8. The lowest BCUT2D eigenvalue weighted by Crippen LogP contribution is -2.29. The minimum Gasteiger partial charge on any atom is -0.449 e. The molecular formula is C23H27NO3. The normalized spacial score (nSPS) is 12.2. The van der Waals surface area contributed by atoms with Gasteiger partial charge in [0.25, 0.3) is 5.91 Å². The molecule has 27 heavy (non-hydrogen) atoms. The highest BCUT2D eigenvalue weighted by Gasteiger charge is 2.16. The van der Waals surface area contributed by atoms with E-state index >= 15 is 0 Å². The van der Waals surface area contributed by atoms with E-state index in [4.69, 9.17) is 4.74 Å². The monoisotopic (exact) mass is 365 g/mol. The maximum atomic E-state index is 12.2. The number of hydrogen-bond donors (Lipinski definition) is 1. The molecule has 142 valence electrons. The van der Waals surface area contributed by atoms with Crippen LogP contribution in [0.4, 0.5) is 5.69 Å². The van der Waals surface area contributed by atoms with Crippen molar-refractivity contribution >= 4 is 23.6 Å². The Morgan fingerprint density at radius 1 is 1.00 bits per heavy atom. The molecule has 2 rings (SSSR count). The van der Waals surface area contributed by atoms with Gasteiger partial charge >= 0.3 is 5.97 Å². The van der Waals surface area contributed by atoms with Gasteiger partial charge in [-0.25, -0.2) is 4.79 Å². The van der Waals surface area contributed by atoms with Gasteiger partial charge in [-0.05, 0) is 54.2 Å². The number of benzene rings is 2. The summed E-state index contributed by atoms with van der Waals surface area (Å²) < 4.78 is 5.18. The van der Waals surface area contributed by atoms with E-state index in [0.717, 1.165) is 12.0 Å². The molecule has 1 amide bonds. The largest absolute Gasteiger partial charge is 0.449 e. The van der Waals surface area contributed by atoms with Gasteiger partial charge in [-0.3, -0.25) is 4.79 Å².